The number of amides is 2. The van der Waals surface area contributed by atoms with E-state index in [4.69, 9.17) is 0 Å². The molecule has 234 valence electrons. The maximum atomic E-state index is 12.6. The lowest BCUT2D eigenvalue weighted by Crippen LogP contribution is -2.38. The fraction of sp³-hybridized carbons (Fsp3) is 0.957. The normalized spacial score (nSPS) is 14.8. The molecule has 0 fully saturated rings. The van der Waals surface area contributed by atoms with Crippen LogP contribution < -0.4 is 53.2 Å². The molecule has 10 N–H and O–H groups in total. The highest BCUT2D eigenvalue weighted by molar-refractivity contribution is 7.59. The molecule has 0 aliphatic carbocycles. The topological polar surface area (TPSA) is 137 Å². The quantitative estimate of drug-likeness (QED) is 0.0579. The minimum atomic E-state index is -0.407. The fourth-order valence-electron chi connectivity index (χ4n) is 3.71. The van der Waals surface area contributed by atoms with E-state index < -0.39 is 7.92 Å². The molecule has 11 nitrogen and oxygen atoms in total. The maximum absolute atomic E-state index is 12.6. The average molecular weight is 649 g/mol. The van der Waals surface area contributed by atoms with Crippen LogP contribution in [0.5, 0.6) is 0 Å². The molecule has 0 spiro atoms. The van der Waals surface area contributed by atoms with Crippen molar-refractivity contribution in [1.29, 1.82) is 0 Å². The van der Waals surface area contributed by atoms with Crippen LogP contribution in [0.1, 0.15) is 13.8 Å². The van der Waals surface area contributed by atoms with Gasteiger partial charge in [-0.05, 0) is 47.6 Å². The van der Waals surface area contributed by atoms with Crippen LogP contribution in [0.15, 0.2) is 0 Å². The number of hydrogen-bond acceptors (Lipinski definition) is 9. The van der Waals surface area contributed by atoms with Crippen molar-refractivity contribution < 1.29 is 4.79 Å². The monoisotopic (exact) mass is 648 g/mol. The first kappa shape index (κ1) is 40.1. The van der Waals surface area contributed by atoms with Gasteiger partial charge in [0.2, 0.25) is 0 Å². The Morgan fingerprint density at radius 1 is 0.410 bits per heavy atom. The van der Waals surface area contributed by atoms with E-state index in [9.17, 15) is 4.79 Å². The second-order valence-electron chi connectivity index (χ2n) is 9.24. The molecule has 0 bridgehead atoms. The summed E-state index contributed by atoms with van der Waals surface area (Å²) in [4.78, 5) is 12.6. The highest BCUT2D eigenvalue weighted by Gasteiger charge is 2.14. The van der Waals surface area contributed by atoms with Crippen LogP contribution >= 0.6 is 39.6 Å². The van der Waals surface area contributed by atoms with Gasteiger partial charge in [0.1, 0.15) is 0 Å². The van der Waals surface area contributed by atoms with Crippen LogP contribution in [-0.4, -0.2) is 135 Å². The molecule has 0 heterocycles. The van der Waals surface area contributed by atoms with E-state index >= 15 is 0 Å². The molecular formula is C23H61N10OP5. The Kier molecular flexibility index (Phi) is 30.0. The third-order valence-corrected chi connectivity index (χ3v) is 16.6. The van der Waals surface area contributed by atoms with Crippen LogP contribution in [0.25, 0.3) is 0 Å². The molecule has 4 atom stereocenters. The first-order valence-electron chi connectivity index (χ1n) is 14.0. The van der Waals surface area contributed by atoms with E-state index in [2.05, 4.69) is 67.0 Å². The van der Waals surface area contributed by atoms with Gasteiger partial charge in [0.05, 0.1) is 0 Å². The summed E-state index contributed by atoms with van der Waals surface area (Å²) in [5.41, 5.74) is 0. The molecule has 39 heavy (non-hydrogen) atoms. The maximum Gasteiger partial charge on any atom is 0.315 e. The van der Waals surface area contributed by atoms with Gasteiger partial charge in [-0.25, -0.2) is 4.79 Å². The minimum absolute atomic E-state index is 0.0252. The summed E-state index contributed by atoms with van der Waals surface area (Å²) < 4.78 is 0. The van der Waals surface area contributed by atoms with Crippen molar-refractivity contribution in [2.24, 2.45) is 0 Å². The van der Waals surface area contributed by atoms with Gasteiger partial charge >= 0.3 is 6.03 Å². The van der Waals surface area contributed by atoms with Gasteiger partial charge in [0, 0.05) is 81.7 Å². The summed E-state index contributed by atoms with van der Waals surface area (Å²) in [5.74, 6) is 0. The summed E-state index contributed by atoms with van der Waals surface area (Å²) >= 11 is 0. The Balaban J connectivity index is 4.78. The Hall–Kier alpha value is 1.10. The van der Waals surface area contributed by atoms with Crippen molar-refractivity contribution in [1.82, 2.24) is 53.2 Å². The first-order chi connectivity index (χ1) is 19.0. The van der Waals surface area contributed by atoms with E-state index in [1.165, 1.54) is 12.3 Å². The van der Waals surface area contributed by atoms with Crippen LogP contribution in [-0.2, 0) is 0 Å². The molecule has 0 radical (unpaired) electrons. The van der Waals surface area contributed by atoms with Gasteiger partial charge in [-0.15, -0.1) is 0 Å². The van der Waals surface area contributed by atoms with Gasteiger partial charge in [0.15, 0.2) is 0 Å². The molecule has 16 heteroatoms. The van der Waals surface area contributed by atoms with Gasteiger partial charge in [-0.3, -0.25) is 0 Å². The Morgan fingerprint density at radius 3 is 0.974 bits per heavy atom. The highest BCUT2D eigenvalue weighted by atomic mass is 31.1. The molecule has 0 saturated carbocycles. The number of carbonyl (C=O) groups is 1. The first-order valence-corrected chi connectivity index (χ1v) is 23.4. The van der Waals surface area contributed by atoms with Crippen molar-refractivity contribution in [3.05, 3.63) is 0 Å². The fourth-order valence-corrected chi connectivity index (χ4v) is 11.9. The zero-order valence-corrected chi connectivity index (χ0v) is 30.2. The largest absolute Gasteiger partial charge is 0.334 e. The standard InChI is InChI=1S/C23H61N10OP5/c1-8-35(10-24-3)15-29-17-38(14-28-7)18-31-20-39(19-30-16-36(9-2)11-25-4)22-33-23(34)32-21-37(12-26-5)13-27-6/h24-31H,8-22H2,1-7H3,(H2,32,33,34). The summed E-state index contributed by atoms with van der Waals surface area (Å²) in [6.07, 6.45) is 15.3. The second kappa shape index (κ2) is 29.2. The zero-order chi connectivity index (χ0) is 29.1. The van der Waals surface area contributed by atoms with E-state index in [1.807, 2.05) is 35.2 Å². The van der Waals surface area contributed by atoms with Crippen molar-refractivity contribution in [3.8, 4) is 0 Å². The third kappa shape index (κ3) is 23.3. The van der Waals surface area contributed by atoms with Crippen molar-refractivity contribution in [2.75, 3.05) is 129 Å². The molecule has 0 rings (SSSR count). The number of carbonyl (C=O) groups excluding carboxylic acids is 1. The number of nitrogens with one attached hydrogen (secondary N) is 10. The molecule has 0 saturated heterocycles. The van der Waals surface area contributed by atoms with Crippen LogP contribution in [0, 0.1) is 0 Å². The van der Waals surface area contributed by atoms with Crippen LogP contribution in [0.3, 0.4) is 0 Å². The summed E-state index contributed by atoms with van der Waals surface area (Å²) in [7, 11) is 9.15. The van der Waals surface area contributed by atoms with E-state index in [0.29, 0.717) is 0 Å². The molecule has 2 amide bonds. The van der Waals surface area contributed by atoms with Gasteiger partial charge < -0.3 is 53.2 Å². The van der Waals surface area contributed by atoms with E-state index in [-0.39, 0.29) is 37.7 Å². The minimum Gasteiger partial charge on any atom is -0.334 e. The molecule has 0 aromatic carbocycles. The third-order valence-electron chi connectivity index (χ3n) is 5.74. The summed E-state index contributed by atoms with van der Waals surface area (Å²) in [5, 5.41) is 34.0. The number of urea groups is 1. The number of rotatable bonds is 28. The lowest BCUT2D eigenvalue weighted by molar-refractivity contribution is 0.244. The number of hydrogen-bond donors (Lipinski definition) is 10. The van der Waals surface area contributed by atoms with Crippen molar-refractivity contribution >= 4 is 45.6 Å². The van der Waals surface area contributed by atoms with Gasteiger partial charge in [0.25, 0.3) is 0 Å². The SMILES string of the molecule is CCP(CNC)CNCP(CNC)CNCP(CNCP(CC)CNC)CNC(=O)NCP(CNC)CNC. The van der Waals surface area contributed by atoms with Gasteiger partial charge in [-0.2, -0.15) is 0 Å². The predicted octanol–water partition coefficient (Wildman–Crippen LogP) is 2.05. The van der Waals surface area contributed by atoms with Crippen molar-refractivity contribution in [3.63, 3.8) is 0 Å². The molecule has 0 aliphatic rings. The highest BCUT2D eigenvalue weighted by Crippen LogP contribution is 2.37. The Morgan fingerprint density at radius 2 is 0.667 bits per heavy atom. The lowest BCUT2D eigenvalue weighted by atomic mass is 10.9. The predicted molar refractivity (Wildman–Crippen MR) is 185 cm³/mol. The molecule has 0 aromatic heterocycles. The molecular weight excluding hydrogens is 587 g/mol. The Bertz CT molecular complexity index is 555. The Labute approximate surface area is 246 Å². The smallest absolute Gasteiger partial charge is 0.315 e. The molecule has 0 aliphatic heterocycles. The molecule has 4 unspecified atom stereocenters. The van der Waals surface area contributed by atoms with E-state index in [0.717, 1.165) is 81.7 Å². The van der Waals surface area contributed by atoms with Crippen LogP contribution in [0.4, 0.5) is 4.79 Å². The van der Waals surface area contributed by atoms with Gasteiger partial charge in [-0.1, -0.05) is 53.5 Å². The molecule has 0 aromatic rings. The van der Waals surface area contributed by atoms with E-state index in [1.54, 1.807) is 0 Å². The van der Waals surface area contributed by atoms with Crippen LogP contribution in [0.2, 0.25) is 0 Å². The second-order valence-corrected chi connectivity index (χ2v) is 21.3. The summed E-state index contributed by atoms with van der Waals surface area (Å²) in [6, 6.07) is -0.0520. The lowest BCUT2D eigenvalue weighted by Gasteiger charge is -2.25. The summed E-state index contributed by atoms with van der Waals surface area (Å²) in [6.45, 7) is 4.57. The average Bonchev–Trinajstić information content (AvgIpc) is 2.93. The zero-order valence-electron chi connectivity index (χ0n) is 25.8. The van der Waals surface area contributed by atoms with Crippen molar-refractivity contribution in [2.45, 2.75) is 13.8 Å².